The van der Waals surface area contributed by atoms with Gasteiger partial charge in [-0.05, 0) is 81.0 Å². The van der Waals surface area contributed by atoms with Crippen LogP contribution in [0.4, 0.5) is 5.69 Å². The summed E-state index contributed by atoms with van der Waals surface area (Å²) in [4.78, 5) is 12.3. The fourth-order valence-electron chi connectivity index (χ4n) is 4.07. The zero-order chi connectivity index (χ0) is 20.5. The van der Waals surface area contributed by atoms with E-state index in [2.05, 4.69) is 5.32 Å². The van der Waals surface area contributed by atoms with Crippen LogP contribution in [0.15, 0.2) is 35.2 Å². The average molecular weight is 401 g/mol. The Morgan fingerprint density at radius 3 is 2.39 bits per heavy atom. The molecule has 0 aliphatic carbocycles. The van der Waals surface area contributed by atoms with Crippen LogP contribution in [0.25, 0.3) is 0 Å². The number of sulfonamides is 1. The molecule has 3 rings (SSSR count). The van der Waals surface area contributed by atoms with Crippen LogP contribution >= 0.6 is 0 Å². The molecule has 0 spiro atoms. The summed E-state index contributed by atoms with van der Waals surface area (Å²) in [7, 11) is -3.44. The smallest absolute Gasteiger partial charge is 0.243 e. The fraction of sp³-hybridized carbons (Fsp3) is 0.409. The maximum Gasteiger partial charge on any atom is 0.243 e. The lowest BCUT2D eigenvalue weighted by molar-refractivity contribution is 0.101. The average Bonchev–Trinajstić information content (AvgIpc) is 3.16. The summed E-state index contributed by atoms with van der Waals surface area (Å²) < 4.78 is 27.1. The number of carbonyl (C=O) groups excluding carboxylic acids is 1. The first-order chi connectivity index (χ1) is 13.2. The molecule has 0 unspecified atom stereocenters. The van der Waals surface area contributed by atoms with Gasteiger partial charge in [-0.15, -0.1) is 0 Å². The topological polar surface area (TPSA) is 66.5 Å². The maximum absolute atomic E-state index is 12.8. The Bertz CT molecular complexity index is 1010. The first kappa shape index (κ1) is 20.6. The van der Waals surface area contributed by atoms with Crippen LogP contribution in [0.2, 0.25) is 0 Å². The van der Waals surface area contributed by atoms with Crippen molar-refractivity contribution in [2.75, 3.05) is 18.4 Å². The van der Waals surface area contributed by atoms with Crippen LogP contribution in [0.5, 0.6) is 0 Å². The highest BCUT2D eigenvalue weighted by molar-refractivity contribution is 7.89. The zero-order valence-electron chi connectivity index (χ0n) is 17.0. The molecular weight excluding hydrogens is 372 g/mol. The van der Waals surface area contributed by atoms with Crippen molar-refractivity contribution in [1.29, 1.82) is 0 Å². The van der Waals surface area contributed by atoms with E-state index in [4.69, 9.17) is 0 Å². The van der Waals surface area contributed by atoms with Gasteiger partial charge in [0.15, 0.2) is 5.78 Å². The van der Waals surface area contributed by atoms with E-state index in [9.17, 15) is 13.2 Å². The quantitative estimate of drug-likeness (QED) is 0.738. The van der Waals surface area contributed by atoms with Gasteiger partial charge in [0.25, 0.3) is 0 Å². The van der Waals surface area contributed by atoms with Gasteiger partial charge in [-0.2, -0.15) is 4.31 Å². The summed E-state index contributed by atoms with van der Waals surface area (Å²) in [5.74, 6) is 0.0648. The number of rotatable bonds is 6. The van der Waals surface area contributed by atoms with Crippen molar-refractivity contribution in [2.45, 2.75) is 52.0 Å². The molecule has 1 heterocycles. The molecule has 0 saturated carbocycles. The van der Waals surface area contributed by atoms with Crippen molar-refractivity contribution in [3.8, 4) is 0 Å². The van der Waals surface area contributed by atoms with Gasteiger partial charge < -0.3 is 5.32 Å². The highest BCUT2D eigenvalue weighted by Crippen LogP contribution is 2.26. The molecule has 150 valence electrons. The van der Waals surface area contributed by atoms with Gasteiger partial charge >= 0.3 is 0 Å². The van der Waals surface area contributed by atoms with E-state index in [-0.39, 0.29) is 5.78 Å². The number of Topliss-reactive ketones (excluding diaryl/α,β-unsaturated/α-hetero) is 1. The Kier molecular flexibility index (Phi) is 5.91. The molecule has 0 amide bonds. The van der Waals surface area contributed by atoms with E-state index in [1.807, 2.05) is 32.9 Å². The molecule has 0 bridgehead atoms. The number of anilines is 1. The first-order valence-electron chi connectivity index (χ1n) is 9.66. The molecule has 1 saturated heterocycles. The van der Waals surface area contributed by atoms with E-state index in [0.717, 1.165) is 46.3 Å². The molecule has 0 radical (unpaired) electrons. The van der Waals surface area contributed by atoms with Crippen molar-refractivity contribution in [2.24, 2.45) is 0 Å². The number of ketones is 1. The van der Waals surface area contributed by atoms with Crippen molar-refractivity contribution >= 4 is 21.5 Å². The molecule has 0 atom stereocenters. The second kappa shape index (κ2) is 8.05. The Balaban J connectivity index is 1.85. The summed E-state index contributed by atoms with van der Waals surface area (Å²) in [5, 5.41) is 3.34. The number of nitrogens with zero attached hydrogens (tertiary/aromatic N) is 1. The Hall–Kier alpha value is -2.18. The summed E-state index contributed by atoms with van der Waals surface area (Å²) >= 11 is 0. The third-order valence-corrected chi connectivity index (χ3v) is 7.38. The van der Waals surface area contributed by atoms with Gasteiger partial charge in [-0.3, -0.25) is 4.79 Å². The predicted molar refractivity (Wildman–Crippen MR) is 112 cm³/mol. The van der Waals surface area contributed by atoms with Crippen molar-refractivity contribution < 1.29 is 13.2 Å². The van der Waals surface area contributed by atoms with E-state index < -0.39 is 10.0 Å². The van der Waals surface area contributed by atoms with Gasteiger partial charge in [-0.1, -0.05) is 12.1 Å². The van der Waals surface area contributed by atoms with E-state index in [0.29, 0.717) is 24.5 Å². The lowest BCUT2D eigenvalue weighted by Crippen LogP contribution is -2.27. The van der Waals surface area contributed by atoms with Gasteiger partial charge in [-0.25, -0.2) is 8.42 Å². The standard InChI is InChI=1S/C22H28N2O3S/c1-15-12-16(2)22(18(4)25)17(3)21(15)14-23-19-8-7-9-20(13-19)28(26,27)24-10-5-6-11-24/h7-9,12-13,23H,5-6,10-11,14H2,1-4H3. The number of hydrogen-bond donors (Lipinski definition) is 1. The molecular formula is C22H28N2O3S. The molecule has 1 N–H and O–H groups in total. The first-order valence-corrected chi connectivity index (χ1v) is 11.1. The van der Waals surface area contributed by atoms with E-state index in [1.165, 1.54) is 0 Å². The van der Waals surface area contributed by atoms with E-state index in [1.54, 1.807) is 29.4 Å². The summed E-state index contributed by atoms with van der Waals surface area (Å²) in [6, 6.07) is 9.01. The lowest BCUT2D eigenvalue weighted by atomic mass is 9.91. The molecule has 1 aliphatic rings. The number of hydrogen-bond acceptors (Lipinski definition) is 4. The molecule has 2 aromatic carbocycles. The second-order valence-electron chi connectivity index (χ2n) is 7.54. The van der Waals surface area contributed by atoms with Crippen LogP contribution in [-0.2, 0) is 16.6 Å². The summed E-state index contributed by atoms with van der Waals surface area (Å²) in [5.41, 5.74) is 5.69. The van der Waals surface area contributed by atoms with Crippen molar-refractivity contribution in [3.05, 3.63) is 58.1 Å². The third-order valence-electron chi connectivity index (χ3n) is 5.49. The second-order valence-corrected chi connectivity index (χ2v) is 9.48. The van der Waals surface area contributed by atoms with Crippen LogP contribution in [0.1, 0.15) is 52.4 Å². The Labute approximate surface area is 167 Å². The molecule has 1 fully saturated rings. The zero-order valence-corrected chi connectivity index (χ0v) is 17.8. The monoisotopic (exact) mass is 400 g/mol. The van der Waals surface area contributed by atoms with Crippen molar-refractivity contribution in [3.63, 3.8) is 0 Å². The number of carbonyl (C=O) groups is 1. The van der Waals surface area contributed by atoms with E-state index >= 15 is 0 Å². The highest BCUT2D eigenvalue weighted by Gasteiger charge is 2.27. The Morgan fingerprint density at radius 2 is 1.75 bits per heavy atom. The molecule has 28 heavy (non-hydrogen) atoms. The minimum atomic E-state index is -3.44. The molecule has 6 heteroatoms. The molecule has 2 aromatic rings. The van der Waals surface area contributed by atoms with Crippen LogP contribution < -0.4 is 5.32 Å². The minimum Gasteiger partial charge on any atom is -0.381 e. The predicted octanol–water partition coefficient (Wildman–Crippen LogP) is 4.21. The number of nitrogens with one attached hydrogen (secondary N) is 1. The van der Waals surface area contributed by atoms with Crippen LogP contribution in [-0.4, -0.2) is 31.6 Å². The fourth-order valence-corrected chi connectivity index (χ4v) is 5.64. The lowest BCUT2D eigenvalue weighted by Gasteiger charge is -2.18. The van der Waals surface area contributed by atoms with Gasteiger partial charge in [0, 0.05) is 30.9 Å². The van der Waals surface area contributed by atoms with Gasteiger partial charge in [0.1, 0.15) is 0 Å². The minimum absolute atomic E-state index is 0.0648. The van der Waals surface area contributed by atoms with Crippen LogP contribution in [0.3, 0.4) is 0 Å². The SMILES string of the molecule is CC(=O)c1c(C)cc(C)c(CNc2cccc(S(=O)(=O)N3CCCC3)c2)c1C. The third kappa shape index (κ3) is 3.98. The normalized spacial score (nSPS) is 15.0. The molecule has 5 nitrogen and oxygen atoms in total. The van der Waals surface area contributed by atoms with Crippen LogP contribution in [0, 0.1) is 20.8 Å². The Morgan fingerprint density at radius 1 is 1.07 bits per heavy atom. The van der Waals surface area contributed by atoms with Crippen molar-refractivity contribution in [1.82, 2.24) is 4.31 Å². The molecule has 0 aromatic heterocycles. The van der Waals surface area contributed by atoms with Gasteiger partial charge in [0.05, 0.1) is 4.90 Å². The number of aryl methyl sites for hydroxylation is 2. The molecule has 1 aliphatic heterocycles. The highest BCUT2D eigenvalue weighted by atomic mass is 32.2. The summed E-state index contributed by atoms with van der Waals surface area (Å²) in [6.45, 7) is 9.28. The largest absolute Gasteiger partial charge is 0.381 e. The maximum atomic E-state index is 12.8. The summed E-state index contributed by atoms with van der Waals surface area (Å²) in [6.07, 6.45) is 1.84. The number of benzene rings is 2. The van der Waals surface area contributed by atoms with Gasteiger partial charge in [0.2, 0.25) is 10.0 Å².